The van der Waals surface area contributed by atoms with Crippen LogP contribution in [0.3, 0.4) is 0 Å². The number of hydrogen-bond acceptors (Lipinski definition) is 2. The molecule has 0 saturated heterocycles. The van der Waals surface area contributed by atoms with Gasteiger partial charge in [-0.05, 0) is 24.6 Å². The molecule has 30 heavy (non-hydrogen) atoms. The molecule has 1 heterocycles. The van der Waals surface area contributed by atoms with Gasteiger partial charge < -0.3 is 10.3 Å². The molecule has 0 atom stereocenters. The number of alkyl halides is 6. The Morgan fingerprint density at radius 1 is 1.00 bits per heavy atom. The van der Waals surface area contributed by atoms with Crippen molar-refractivity contribution >= 4 is 16.8 Å². The summed E-state index contributed by atoms with van der Waals surface area (Å²) < 4.78 is 79.0. The maximum atomic E-state index is 13.4. The maximum Gasteiger partial charge on any atom is 0.417 e. The van der Waals surface area contributed by atoms with E-state index >= 15 is 0 Å². The van der Waals surface area contributed by atoms with Gasteiger partial charge in [0, 0.05) is 12.7 Å². The van der Waals surface area contributed by atoms with E-state index < -0.39 is 51.3 Å². The molecule has 0 unspecified atom stereocenters. The number of benzene rings is 2. The number of halogens is 6. The third-order valence-corrected chi connectivity index (χ3v) is 4.43. The first-order valence-corrected chi connectivity index (χ1v) is 8.55. The molecule has 0 saturated carbocycles. The van der Waals surface area contributed by atoms with Crippen molar-refractivity contribution in [2.24, 2.45) is 0 Å². The van der Waals surface area contributed by atoms with Gasteiger partial charge in [0.2, 0.25) is 5.43 Å². The van der Waals surface area contributed by atoms with E-state index in [1.807, 2.05) is 6.92 Å². The highest BCUT2D eigenvalue weighted by molar-refractivity contribution is 5.98. The van der Waals surface area contributed by atoms with Crippen LogP contribution in [-0.2, 0) is 18.9 Å². The molecule has 10 heteroatoms. The molecule has 3 rings (SSSR count). The first-order valence-electron chi connectivity index (χ1n) is 8.55. The second kappa shape index (κ2) is 7.51. The van der Waals surface area contributed by atoms with E-state index in [1.54, 1.807) is 24.3 Å². The molecule has 158 valence electrons. The number of aryl methyl sites for hydroxylation is 1. The molecule has 0 fully saturated rings. The van der Waals surface area contributed by atoms with Crippen molar-refractivity contribution in [3.05, 3.63) is 80.6 Å². The summed E-state index contributed by atoms with van der Waals surface area (Å²) in [7, 11) is 0. The largest absolute Gasteiger partial charge is 0.417 e. The summed E-state index contributed by atoms with van der Waals surface area (Å²) in [5, 5.41) is 1.38. The van der Waals surface area contributed by atoms with Crippen molar-refractivity contribution in [1.29, 1.82) is 0 Å². The van der Waals surface area contributed by atoms with Gasteiger partial charge in [0.25, 0.3) is 5.91 Å². The second-order valence-corrected chi connectivity index (χ2v) is 6.64. The minimum atomic E-state index is -5.23. The van der Waals surface area contributed by atoms with Crippen LogP contribution in [0, 0.1) is 6.92 Å². The predicted molar refractivity (Wildman–Crippen MR) is 96.9 cm³/mol. The molecule has 0 radical (unpaired) electrons. The number of aromatic nitrogens is 1. The summed E-state index contributed by atoms with van der Waals surface area (Å²) in [5.41, 5.74) is -4.27. The molecule has 0 aliphatic rings. The average molecular weight is 428 g/mol. The summed E-state index contributed by atoms with van der Waals surface area (Å²) in [5.74, 6) is -0.952. The Hall–Kier alpha value is -3.30. The van der Waals surface area contributed by atoms with Gasteiger partial charge in [0.15, 0.2) is 0 Å². The minimum absolute atomic E-state index is 0.00965. The van der Waals surface area contributed by atoms with Crippen molar-refractivity contribution in [2.45, 2.75) is 25.8 Å². The third kappa shape index (κ3) is 4.32. The van der Waals surface area contributed by atoms with Crippen LogP contribution in [0.15, 0.2) is 47.4 Å². The zero-order valence-electron chi connectivity index (χ0n) is 15.3. The van der Waals surface area contributed by atoms with Gasteiger partial charge >= 0.3 is 12.4 Å². The van der Waals surface area contributed by atoms with Crippen LogP contribution in [0.2, 0.25) is 0 Å². The monoisotopic (exact) mass is 428 g/mol. The fourth-order valence-electron chi connectivity index (χ4n) is 2.89. The normalized spacial score (nSPS) is 12.2. The number of carbonyl (C=O) groups is 1. The van der Waals surface area contributed by atoms with Crippen molar-refractivity contribution in [2.75, 3.05) is 0 Å². The third-order valence-electron chi connectivity index (χ3n) is 4.43. The number of nitrogens with one attached hydrogen (secondary N) is 2. The molecule has 2 aromatic carbocycles. The molecule has 0 spiro atoms. The molecule has 1 amide bonds. The number of rotatable bonds is 3. The van der Waals surface area contributed by atoms with E-state index in [0.717, 1.165) is 11.8 Å². The number of carbonyl (C=O) groups excluding carboxylic acids is 1. The molecule has 2 N–H and O–H groups in total. The van der Waals surface area contributed by atoms with E-state index in [4.69, 9.17) is 0 Å². The lowest BCUT2D eigenvalue weighted by molar-refractivity contribution is -0.142. The van der Waals surface area contributed by atoms with Crippen molar-refractivity contribution in [1.82, 2.24) is 10.3 Å². The molecule has 0 bridgehead atoms. The summed E-state index contributed by atoms with van der Waals surface area (Å²) in [6.45, 7) is 1.87. The van der Waals surface area contributed by atoms with E-state index in [1.165, 1.54) is 0 Å². The molecule has 3 aromatic rings. The van der Waals surface area contributed by atoms with E-state index in [2.05, 4.69) is 10.3 Å². The molecule has 1 aromatic heterocycles. The van der Waals surface area contributed by atoms with Crippen LogP contribution in [0.25, 0.3) is 10.9 Å². The fourth-order valence-corrected chi connectivity index (χ4v) is 2.89. The lowest BCUT2D eigenvalue weighted by Crippen LogP contribution is -2.29. The predicted octanol–water partition coefficient (Wildman–Crippen LogP) is 4.80. The molecule has 0 aliphatic carbocycles. The lowest BCUT2D eigenvalue weighted by atomic mass is 10.0. The Bertz CT molecular complexity index is 1160. The summed E-state index contributed by atoms with van der Waals surface area (Å²) >= 11 is 0. The van der Waals surface area contributed by atoms with Crippen molar-refractivity contribution in [3.63, 3.8) is 0 Å². The van der Waals surface area contributed by atoms with Crippen LogP contribution in [0.4, 0.5) is 26.3 Å². The molecule has 4 nitrogen and oxygen atoms in total. The van der Waals surface area contributed by atoms with E-state index in [-0.39, 0.29) is 12.6 Å². The average Bonchev–Trinajstić information content (AvgIpc) is 2.65. The lowest BCUT2D eigenvalue weighted by Gasteiger charge is -2.15. The topological polar surface area (TPSA) is 62.0 Å². The number of fused-ring (bicyclic) bond motifs is 1. The smallest absolute Gasteiger partial charge is 0.360 e. The van der Waals surface area contributed by atoms with Gasteiger partial charge in [-0.3, -0.25) is 9.59 Å². The molecule has 0 aliphatic heterocycles. The number of amides is 1. The standard InChI is InChI=1S/C20H14F6N2O2/c1-10-2-4-11(5-3-10)8-28-18(30)13-9-27-15-7-12(19(21,22)23)6-14(20(24,25)26)16(15)17(13)29/h2-7,9H,8H2,1H3,(H,27,29)(H,28,30). The van der Waals surface area contributed by atoms with Crippen LogP contribution >= 0.6 is 0 Å². The Kier molecular flexibility index (Phi) is 5.36. The summed E-state index contributed by atoms with van der Waals surface area (Å²) in [6, 6.07) is 7.29. The van der Waals surface area contributed by atoms with Gasteiger partial charge in [-0.25, -0.2) is 0 Å². The summed E-state index contributed by atoms with van der Waals surface area (Å²) in [6.07, 6.45) is -9.48. The minimum Gasteiger partial charge on any atom is -0.360 e. The SMILES string of the molecule is Cc1ccc(CNC(=O)c2c[nH]c3cc(C(F)(F)F)cc(C(F)(F)F)c3c2=O)cc1. The van der Waals surface area contributed by atoms with E-state index in [9.17, 15) is 35.9 Å². The van der Waals surface area contributed by atoms with E-state index in [0.29, 0.717) is 11.6 Å². The summed E-state index contributed by atoms with van der Waals surface area (Å²) in [4.78, 5) is 27.1. The van der Waals surface area contributed by atoms with Crippen LogP contribution in [0.5, 0.6) is 0 Å². The number of pyridine rings is 1. The highest BCUT2D eigenvalue weighted by Crippen LogP contribution is 2.38. The zero-order valence-corrected chi connectivity index (χ0v) is 15.3. The molecular formula is C20H14F6N2O2. The van der Waals surface area contributed by atoms with Crippen LogP contribution in [0.1, 0.15) is 32.6 Å². The maximum absolute atomic E-state index is 13.4. The number of hydrogen-bond donors (Lipinski definition) is 2. The zero-order chi connectivity index (χ0) is 22.3. The Morgan fingerprint density at radius 2 is 1.63 bits per heavy atom. The quantitative estimate of drug-likeness (QED) is 0.589. The number of aromatic amines is 1. The van der Waals surface area contributed by atoms with Gasteiger partial charge in [0.05, 0.1) is 22.0 Å². The molecular weight excluding hydrogens is 414 g/mol. The Balaban J connectivity index is 2.05. The fraction of sp³-hybridized carbons (Fsp3) is 0.200. The van der Waals surface area contributed by atoms with Crippen LogP contribution < -0.4 is 10.7 Å². The van der Waals surface area contributed by atoms with Gasteiger partial charge in [-0.2, -0.15) is 26.3 Å². The number of H-pyrrole nitrogens is 1. The first kappa shape index (κ1) is 21.4. The van der Waals surface area contributed by atoms with Gasteiger partial charge in [0.1, 0.15) is 5.56 Å². The highest BCUT2D eigenvalue weighted by atomic mass is 19.4. The highest BCUT2D eigenvalue weighted by Gasteiger charge is 2.39. The Labute approximate surface area is 165 Å². The van der Waals surface area contributed by atoms with Crippen molar-refractivity contribution in [3.8, 4) is 0 Å². The van der Waals surface area contributed by atoms with Crippen LogP contribution in [-0.4, -0.2) is 10.9 Å². The second-order valence-electron chi connectivity index (χ2n) is 6.64. The van der Waals surface area contributed by atoms with Gasteiger partial charge in [-0.15, -0.1) is 0 Å². The van der Waals surface area contributed by atoms with Crippen molar-refractivity contribution < 1.29 is 31.1 Å². The van der Waals surface area contributed by atoms with Gasteiger partial charge in [-0.1, -0.05) is 29.8 Å². The Morgan fingerprint density at radius 3 is 2.20 bits per heavy atom. The first-order chi connectivity index (χ1) is 13.9.